The van der Waals surface area contributed by atoms with Gasteiger partial charge in [0.15, 0.2) is 0 Å². The Bertz CT molecular complexity index is 437. The molecule has 0 aliphatic rings. The number of carbonyl (C=O) groups is 1. The number of hydrogen-bond donors (Lipinski definition) is 2. The largest absolute Gasteiger partial charge is 0.385 e. The van der Waals surface area contributed by atoms with Crippen LogP contribution >= 0.6 is 0 Å². The van der Waals surface area contributed by atoms with E-state index in [0.29, 0.717) is 24.8 Å². The fourth-order valence-electron chi connectivity index (χ4n) is 1.58. The number of nitrogens with zero attached hydrogens (tertiary/aromatic N) is 2. The van der Waals surface area contributed by atoms with Crippen LogP contribution in [-0.2, 0) is 4.74 Å². The highest BCUT2D eigenvalue weighted by molar-refractivity contribution is 5.92. The zero-order valence-corrected chi connectivity index (χ0v) is 12.7. The average Bonchev–Trinajstić information content (AvgIpc) is 2.42. The topological polar surface area (TPSA) is 76.1 Å². The summed E-state index contributed by atoms with van der Waals surface area (Å²) in [6.45, 7) is 7.24. The molecule has 2 N–H and O–H groups in total. The van der Waals surface area contributed by atoms with Crippen molar-refractivity contribution in [3.8, 4) is 0 Å². The molecule has 0 spiro atoms. The Kier molecular flexibility index (Phi) is 6.93. The summed E-state index contributed by atoms with van der Waals surface area (Å²) >= 11 is 0. The number of rotatable bonds is 8. The summed E-state index contributed by atoms with van der Waals surface area (Å²) in [4.78, 5) is 20.6. The molecule has 1 aromatic heterocycles. The van der Waals surface area contributed by atoms with Crippen molar-refractivity contribution in [2.75, 3.05) is 25.6 Å². The Balaban J connectivity index is 2.67. The Hall–Kier alpha value is -1.69. The highest BCUT2D eigenvalue weighted by Crippen LogP contribution is 2.06. The van der Waals surface area contributed by atoms with E-state index in [-0.39, 0.29) is 11.9 Å². The van der Waals surface area contributed by atoms with Crippen molar-refractivity contribution in [1.82, 2.24) is 15.3 Å². The van der Waals surface area contributed by atoms with Gasteiger partial charge < -0.3 is 15.4 Å². The highest BCUT2D eigenvalue weighted by Gasteiger charge is 2.12. The van der Waals surface area contributed by atoms with Crippen LogP contribution in [0.3, 0.4) is 0 Å². The third kappa shape index (κ3) is 5.52. The van der Waals surface area contributed by atoms with Crippen LogP contribution in [0.1, 0.15) is 42.9 Å². The van der Waals surface area contributed by atoms with Crippen LogP contribution in [0.5, 0.6) is 0 Å². The first-order chi connectivity index (χ1) is 9.56. The van der Waals surface area contributed by atoms with E-state index in [4.69, 9.17) is 4.74 Å². The van der Waals surface area contributed by atoms with Crippen LogP contribution in [0.2, 0.25) is 0 Å². The van der Waals surface area contributed by atoms with Gasteiger partial charge in [0.05, 0.1) is 0 Å². The van der Waals surface area contributed by atoms with E-state index < -0.39 is 0 Å². The molecule has 1 unspecified atom stereocenters. The molecule has 0 bridgehead atoms. The number of ether oxygens (including phenoxy) is 1. The van der Waals surface area contributed by atoms with E-state index in [0.717, 1.165) is 18.5 Å². The van der Waals surface area contributed by atoms with Crippen LogP contribution in [0.25, 0.3) is 0 Å². The molecule has 6 heteroatoms. The molecule has 0 aromatic carbocycles. The Morgan fingerprint density at radius 2 is 2.20 bits per heavy atom. The molecule has 1 rings (SSSR count). The summed E-state index contributed by atoms with van der Waals surface area (Å²) in [6, 6.07) is 1.83. The molecule has 0 saturated heterocycles. The lowest BCUT2D eigenvalue weighted by molar-refractivity contribution is 0.0934. The van der Waals surface area contributed by atoms with Crippen molar-refractivity contribution < 1.29 is 9.53 Å². The first-order valence-electron chi connectivity index (χ1n) is 6.96. The van der Waals surface area contributed by atoms with Gasteiger partial charge in [-0.2, -0.15) is 0 Å². The second-order valence-electron chi connectivity index (χ2n) is 4.77. The first kappa shape index (κ1) is 16.4. The quantitative estimate of drug-likeness (QED) is 0.710. The number of amides is 1. The second kappa shape index (κ2) is 8.47. The molecular formula is C14H24N4O2. The third-order valence-corrected chi connectivity index (χ3v) is 2.89. The first-order valence-corrected chi connectivity index (χ1v) is 6.96. The number of methoxy groups -OCH3 is 1. The van der Waals surface area contributed by atoms with E-state index >= 15 is 0 Å². The number of hydrogen-bond acceptors (Lipinski definition) is 5. The van der Waals surface area contributed by atoms with Crippen molar-refractivity contribution in [1.29, 1.82) is 0 Å². The van der Waals surface area contributed by atoms with E-state index in [1.807, 2.05) is 20.8 Å². The molecule has 112 valence electrons. The number of nitrogens with one attached hydrogen (secondary N) is 2. The lowest BCUT2D eigenvalue weighted by atomic mass is 10.2. The van der Waals surface area contributed by atoms with Gasteiger partial charge in [0, 0.05) is 32.0 Å². The van der Waals surface area contributed by atoms with Gasteiger partial charge in [-0.05, 0) is 32.8 Å². The lowest BCUT2D eigenvalue weighted by Crippen LogP contribution is -2.32. The zero-order chi connectivity index (χ0) is 15.0. The van der Waals surface area contributed by atoms with Crippen LogP contribution in [-0.4, -0.2) is 42.2 Å². The predicted octanol–water partition coefficient (Wildman–Crippen LogP) is 1.76. The summed E-state index contributed by atoms with van der Waals surface area (Å²) in [5.74, 6) is 0.320. The van der Waals surface area contributed by atoms with Crippen LogP contribution in [0.15, 0.2) is 6.07 Å². The molecule has 6 nitrogen and oxygen atoms in total. The van der Waals surface area contributed by atoms with E-state index in [1.54, 1.807) is 13.2 Å². The third-order valence-electron chi connectivity index (χ3n) is 2.89. The van der Waals surface area contributed by atoms with Crippen molar-refractivity contribution in [2.24, 2.45) is 0 Å². The Labute approximate surface area is 120 Å². The van der Waals surface area contributed by atoms with Crippen LogP contribution < -0.4 is 10.6 Å². The van der Waals surface area contributed by atoms with Gasteiger partial charge in [-0.1, -0.05) is 6.92 Å². The molecule has 1 aromatic rings. The van der Waals surface area contributed by atoms with Gasteiger partial charge >= 0.3 is 0 Å². The minimum absolute atomic E-state index is 0.135. The minimum atomic E-state index is -0.162. The Morgan fingerprint density at radius 3 is 2.85 bits per heavy atom. The summed E-state index contributed by atoms with van der Waals surface area (Å²) in [5, 5.41) is 6.00. The maximum Gasteiger partial charge on any atom is 0.270 e. The summed E-state index contributed by atoms with van der Waals surface area (Å²) < 4.78 is 4.98. The van der Waals surface area contributed by atoms with Gasteiger partial charge in [-0.15, -0.1) is 0 Å². The lowest BCUT2D eigenvalue weighted by Gasteiger charge is -2.12. The summed E-state index contributed by atoms with van der Waals surface area (Å²) in [5.41, 5.74) is 1.16. The number of aryl methyl sites for hydroxylation is 1. The van der Waals surface area contributed by atoms with E-state index in [2.05, 4.69) is 20.6 Å². The summed E-state index contributed by atoms with van der Waals surface area (Å²) in [7, 11) is 1.67. The fourth-order valence-corrected chi connectivity index (χ4v) is 1.58. The molecule has 1 heterocycles. The van der Waals surface area contributed by atoms with Gasteiger partial charge in [-0.3, -0.25) is 4.79 Å². The van der Waals surface area contributed by atoms with Gasteiger partial charge in [0.1, 0.15) is 5.69 Å². The average molecular weight is 280 g/mol. The zero-order valence-electron chi connectivity index (χ0n) is 12.7. The summed E-state index contributed by atoms with van der Waals surface area (Å²) in [6.07, 6.45) is 1.75. The molecule has 0 aliphatic heterocycles. The monoisotopic (exact) mass is 280 g/mol. The normalized spacial score (nSPS) is 12.0. The van der Waals surface area contributed by atoms with Crippen molar-refractivity contribution >= 4 is 11.9 Å². The standard InChI is InChI=1S/C14H24N4O2/c1-5-10(2)16-13(19)12-9-11(3)17-14(18-12)15-7-6-8-20-4/h9-10H,5-8H2,1-4H3,(H,16,19)(H,15,17,18). The van der Waals surface area contributed by atoms with Crippen LogP contribution in [0, 0.1) is 6.92 Å². The van der Waals surface area contributed by atoms with Crippen molar-refractivity contribution in [2.45, 2.75) is 39.7 Å². The number of aromatic nitrogens is 2. The molecule has 20 heavy (non-hydrogen) atoms. The van der Waals surface area contributed by atoms with E-state index in [9.17, 15) is 4.79 Å². The molecule has 1 amide bonds. The van der Waals surface area contributed by atoms with Crippen molar-refractivity contribution in [3.05, 3.63) is 17.5 Å². The highest BCUT2D eigenvalue weighted by atomic mass is 16.5. The maximum absolute atomic E-state index is 12.0. The molecular weight excluding hydrogens is 256 g/mol. The SMILES string of the molecule is CCC(C)NC(=O)c1cc(C)nc(NCCCOC)n1. The fraction of sp³-hybridized carbons (Fsp3) is 0.643. The number of carbonyl (C=O) groups excluding carboxylic acids is 1. The van der Waals surface area contributed by atoms with Gasteiger partial charge in [-0.25, -0.2) is 9.97 Å². The molecule has 0 radical (unpaired) electrons. The van der Waals surface area contributed by atoms with Gasteiger partial charge in [0.25, 0.3) is 5.91 Å². The molecule has 1 atom stereocenters. The number of anilines is 1. The molecule has 0 aliphatic carbocycles. The molecule has 0 saturated carbocycles. The predicted molar refractivity (Wildman–Crippen MR) is 79.0 cm³/mol. The van der Waals surface area contributed by atoms with E-state index in [1.165, 1.54) is 0 Å². The maximum atomic E-state index is 12.0. The second-order valence-corrected chi connectivity index (χ2v) is 4.77. The minimum Gasteiger partial charge on any atom is -0.385 e. The molecule has 0 fully saturated rings. The Morgan fingerprint density at radius 1 is 1.45 bits per heavy atom. The smallest absolute Gasteiger partial charge is 0.270 e. The van der Waals surface area contributed by atoms with Crippen LogP contribution in [0.4, 0.5) is 5.95 Å². The van der Waals surface area contributed by atoms with Crippen molar-refractivity contribution in [3.63, 3.8) is 0 Å². The van der Waals surface area contributed by atoms with Gasteiger partial charge in [0.2, 0.25) is 5.95 Å².